The van der Waals surface area contributed by atoms with E-state index in [0.29, 0.717) is 11.5 Å². The molecule has 4 aromatic rings. The van der Waals surface area contributed by atoms with Gasteiger partial charge in [-0.05, 0) is 60.1 Å². The van der Waals surface area contributed by atoms with Gasteiger partial charge in [-0.25, -0.2) is 8.78 Å². The van der Waals surface area contributed by atoms with Crippen molar-refractivity contribution in [2.75, 3.05) is 0 Å². The summed E-state index contributed by atoms with van der Waals surface area (Å²) >= 11 is 0. The van der Waals surface area contributed by atoms with E-state index in [0.717, 1.165) is 29.8 Å². The van der Waals surface area contributed by atoms with Crippen LogP contribution >= 0.6 is 0 Å². The molecule has 3 heterocycles. The molecule has 1 aromatic carbocycles. The standard InChI is InChI=1S/C25H21F2N5O2/c1-24(2)15-6-8-25(24,19-10-13(7-9-28-19)23-32-30-20(12-33)34-23)22-14(15)11-18(29-31-22)21-16(26)4-3-5-17(21)27/h3-5,7,9-11,15,33H,6,8,12H2,1-2H3/t15-,25+/m0/s1. The van der Waals surface area contributed by atoms with Gasteiger partial charge in [-0.3, -0.25) is 4.98 Å². The van der Waals surface area contributed by atoms with Gasteiger partial charge in [0.15, 0.2) is 0 Å². The average molecular weight is 461 g/mol. The van der Waals surface area contributed by atoms with Crippen LogP contribution in [0.5, 0.6) is 0 Å². The van der Waals surface area contributed by atoms with Crippen LogP contribution in [0.1, 0.15) is 55.4 Å². The third-order valence-corrected chi connectivity index (χ3v) is 7.65. The number of fused-ring (bicyclic) bond motifs is 5. The third-order valence-electron chi connectivity index (χ3n) is 7.65. The molecule has 172 valence electrons. The Balaban J connectivity index is 1.51. The first kappa shape index (κ1) is 21.0. The van der Waals surface area contributed by atoms with Crippen LogP contribution in [-0.4, -0.2) is 30.5 Å². The smallest absolute Gasteiger partial charge is 0.247 e. The van der Waals surface area contributed by atoms with Crippen molar-refractivity contribution in [3.8, 4) is 22.7 Å². The van der Waals surface area contributed by atoms with E-state index in [9.17, 15) is 13.9 Å². The van der Waals surface area contributed by atoms with Crippen LogP contribution in [0, 0.1) is 17.0 Å². The minimum absolute atomic E-state index is 0.137. The van der Waals surface area contributed by atoms with Gasteiger partial charge in [0.25, 0.3) is 0 Å². The Kier molecular flexibility index (Phi) is 4.44. The summed E-state index contributed by atoms with van der Waals surface area (Å²) in [6.45, 7) is 4.03. The number of hydrogen-bond acceptors (Lipinski definition) is 7. The Labute approximate surface area is 193 Å². The molecule has 1 N–H and O–H groups in total. The lowest BCUT2D eigenvalue weighted by molar-refractivity contribution is 0.241. The van der Waals surface area contributed by atoms with E-state index in [1.807, 2.05) is 6.07 Å². The minimum atomic E-state index is -0.664. The molecular formula is C25H21F2N5O2. The highest BCUT2D eigenvalue weighted by Crippen LogP contribution is 2.69. The van der Waals surface area contributed by atoms with E-state index in [1.54, 1.807) is 18.3 Å². The summed E-state index contributed by atoms with van der Waals surface area (Å²) in [5.41, 5.74) is 2.49. The summed E-state index contributed by atoms with van der Waals surface area (Å²) < 4.78 is 34.4. The number of aliphatic hydroxyl groups excluding tert-OH is 1. The van der Waals surface area contributed by atoms with E-state index in [-0.39, 0.29) is 35.1 Å². The number of aliphatic hydroxyl groups is 1. The molecule has 0 amide bonds. The van der Waals surface area contributed by atoms with Crippen LogP contribution in [0.15, 0.2) is 47.0 Å². The molecule has 1 fully saturated rings. The molecule has 0 saturated heterocycles. The summed E-state index contributed by atoms with van der Waals surface area (Å²) in [5, 5.41) is 25.9. The maximum Gasteiger partial charge on any atom is 0.247 e. The van der Waals surface area contributed by atoms with Crippen molar-refractivity contribution in [1.29, 1.82) is 0 Å². The molecule has 0 spiro atoms. The highest BCUT2D eigenvalue weighted by molar-refractivity contribution is 5.64. The van der Waals surface area contributed by atoms with Crippen LogP contribution in [0.2, 0.25) is 0 Å². The number of halogens is 2. The number of aromatic nitrogens is 5. The van der Waals surface area contributed by atoms with Gasteiger partial charge in [0.2, 0.25) is 11.8 Å². The van der Waals surface area contributed by atoms with Crippen molar-refractivity contribution < 1.29 is 18.3 Å². The lowest BCUT2D eigenvalue weighted by atomic mass is 9.66. The number of rotatable bonds is 4. The SMILES string of the molecule is CC1(C)[C@H]2CC[C@@]1(c1cc(-c3nnc(CO)o3)ccn1)c1nnc(-c3c(F)cccc3F)cc12. The molecule has 9 heteroatoms. The Morgan fingerprint density at radius 2 is 1.85 bits per heavy atom. The zero-order valence-corrected chi connectivity index (χ0v) is 18.6. The summed E-state index contributed by atoms with van der Waals surface area (Å²) in [4.78, 5) is 4.72. The largest absolute Gasteiger partial charge is 0.418 e. The highest BCUT2D eigenvalue weighted by Gasteiger charge is 2.65. The maximum absolute atomic E-state index is 14.4. The van der Waals surface area contributed by atoms with Gasteiger partial charge in [-0.1, -0.05) is 19.9 Å². The van der Waals surface area contributed by atoms with Crippen molar-refractivity contribution in [2.24, 2.45) is 5.41 Å². The molecule has 1 saturated carbocycles. The molecular weight excluding hydrogens is 440 g/mol. The van der Waals surface area contributed by atoms with E-state index >= 15 is 0 Å². The zero-order chi connectivity index (χ0) is 23.7. The Bertz CT molecular complexity index is 1420. The lowest BCUT2D eigenvalue weighted by Crippen LogP contribution is -2.37. The normalized spacial score (nSPS) is 22.2. The van der Waals surface area contributed by atoms with Gasteiger partial charge in [0.1, 0.15) is 18.2 Å². The van der Waals surface area contributed by atoms with Crippen molar-refractivity contribution in [1.82, 2.24) is 25.4 Å². The van der Waals surface area contributed by atoms with E-state index in [1.165, 1.54) is 18.2 Å². The fraction of sp³-hybridized carbons (Fsp3) is 0.320. The van der Waals surface area contributed by atoms with E-state index in [4.69, 9.17) is 9.40 Å². The first-order valence-corrected chi connectivity index (χ1v) is 11.1. The second-order valence-electron chi connectivity index (χ2n) is 9.44. The van der Waals surface area contributed by atoms with Gasteiger partial charge in [-0.2, -0.15) is 5.10 Å². The van der Waals surface area contributed by atoms with Crippen molar-refractivity contribution >= 4 is 0 Å². The van der Waals surface area contributed by atoms with Gasteiger partial charge in [-0.15, -0.1) is 15.3 Å². The minimum Gasteiger partial charge on any atom is -0.418 e. The summed E-state index contributed by atoms with van der Waals surface area (Å²) in [6, 6.07) is 9.26. The molecule has 2 atom stereocenters. The molecule has 2 aliphatic rings. The van der Waals surface area contributed by atoms with Crippen LogP contribution in [0.3, 0.4) is 0 Å². The fourth-order valence-electron chi connectivity index (χ4n) is 5.99. The number of benzene rings is 1. The van der Waals surface area contributed by atoms with Crippen molar-refractivity contribution in [3.63, 3.8) is 0 Å². The fourth-order valence-corrected chi connectivity index (χ4v) is 5.99. The predicted molar refractivity (Wildman–Crippen MR) is 117 cm³/mol. The second-order valence-corrected chi connectivity index (χ2v) is 9.44. The monoisotopic (exact) mass is 461 g/mol. The molecule has 0 radical (unpaired) electrons. The van der Waals surface area contributed by atoms with Gasteiger partial charge in [0, 0.05) is 11.8 Å². The van der Waals surface area contributed by atoms with Crippen LogP contribution in [0.4, 0.5) is 8.78 Å². The lowest BCUT2D eigenvalue weighted by Gasteiger charge is -2.37. The Morgan fingerprint density at radius 1 is 1.06 bits per heavy atom. The maximum atomic E-state index is 14.4. The highest BCUT2D eigenvalue weighted by atomic mass is 19.1. The molecule has 6 rings (SSSR count). The molecule has 3 aromatic heterocycles. The Morgan fingerprint density at radius 3 is 2.59 bits per heavy atom. The summed E-state index contributed by atoms with van der Waals surface area (Å²) in [7, 11) is 0. The molecule has 34 heavy (non-hydrogen) atoms. The summed E-state index contributed by atoms with van der Waals surface area (Å²) in [5.74, 6) is -0.754. The first-order valence-electron chi connectivity index (χ1n) is 11.1. The first-order chi connectivity index (χ1) is 16.4. The van der Waals surface area contributed by atoms with Crippen LogP contribution in [-0.2, 0) is 12.0 Å². The molecule has 2 bridgehead atoms. The topological polar surface area (TPSA) is 97.8 Å². The molecule has 0 unspecified atom stereocenters. The van der Waals surface area contributed by atoms with Gasteiger partial charge >= 0.3 is 0 Å². The van der Waals surface area contributed by atoms with Crippen molar-refractivity contribution in [3.05, 3.63) is 77.1 Å². The predicted octanol–water partition coefficient (Wildman–Crippen LogP) is 4.56. The van der Waals surface area contributed by atoms with E-state index < -0.39 is 17.0 Å². The number of nitrogens with zero attached hydrogens (tertiary/aromatic N) is 5. The number of pyridine rings is 1. The van der Waals surface area contributed by atoms with Gasteiger partial charge < -0.3 is 9.52 Å². The zero-order valence-electron chi connectivity index (χ0n) is 18.6. The number of hydrogen-bond donors (Lipinski definition) is 1. The second kappa shape index (κ2) is 7.20. The van der Waals surface area contributed by atoms with Gasteiger partial charge in [0.05, 0.1) is 28.1 Å². The molecule has 2 aliphatic carbocycles. The van der Waals surface area contributed by atoms with Crippen LogP contribution in [0.25, 0.3) is 22.7 Å². The van der Waals surface area contributed by atoms with E-state index in [2.05, 4.69) is 34.2 Å². The third kappa shape index (κ3) is 2.67. The quantitative estimate of drug-likeness (QED) is 0.476. The van der Waals surface area contributed by atoms with Crippen LogP contribution < -0.4 is 0 Å². The average Bonchev–Trinajstić information content (AvgIpc) is 3.47. The molecule has 0 aliphatic heterocycles. The summed E-state index contributed by atoms with van der Waals surface area (Å²) in [6.07, 6.45) is 3.41. The Hall–Kier alpha value is -3.59. The molecule has 7 nitrogen and oxygen atoms in total. The van der Waals surface area contributed by atoms with Crippen molar-refractivity contribution in [2.45, 2.75) is 44.6 Å².